The van der Waals surface area contributed by atoms with Gasteiger partial charge in [0.15, 0.2) is 6.10 Å². The number of benzene rings is 1. The Morgan fingerprint density at radius 2 is 2.12 bits per heavy atom. The molecule has 7 nitrogen and oxygen atoms in total. The zero-order valence-corrected chi connectivity index (χ0v) is 14.1. The van der Waals surface area contributed by atoms with Gasteiger partial charge in [0.1, 0.15) is 12.1 Å². The number of carbonyl (C=O) groups is 1. The fourth-order valence-corrected chi connectivity index (χ4v) is 3.17. The number of amides is 1. The molecule has 0 saturated heterocycles. The molecule has 1 atom stereocenters. The van der Waals surface area contributed by atoms with E-state index >= 15 is 0 Å². The topological polar surface area (TPSA) is 73.1 Å². The molecule has 0 unspecified atom stereocenters. The minimum atomic E-state index is -0.527. The summed E-state index contributed by atoms with van der Waals surface area (Å²) in [5, 5.41) is 11.1. The number of hydrogen-bond acceptors (Lipinski definition) is 5. The molecule has 0 spiro atoms. The first-order chi connectivity index (χ1) is 11.6. The van der Waals surface area contributed by atoms with Gasteiger partial charge in [0.2, 0.25) is 0 Å². The van der Waals surface area contributed by atoms with Crippen LogP contribution in [0, 0.1) is 0 Å². The fourth-order valence-electron chi connectivity index (χ4n) is 3.17. The Labute approximate surface area is 141 Å². The highest BCUT2D eigenvalue weighted by Crippen LogP contribution is 2.23. The molecular formula is C17H23N5O2. The van der Waals surface area contributed by atoms with Crippen molar-refractivity contribution in [3.8, 4) is 11.4 Å². The molecule has 1 saturated carbocycles. The summed E-state index contributed by atoms with van der Waals surface area (Å²) in [6.45, 7) is 1.80. The van der Waals surface area contributed by atoms with E-state index in [2.05, 4.69) is 15.5 Å². The van der Waals surface area contributed by atoms with Crippen LogP contribution in [-0.2, 0) is 4.79 Å². The molecule has 24 heavy (non-hydrogen) atoms. The third kappa shape index (κ3) is 3.72. The summed E-state index contributed by atoms with van der Waals surface area (Å²) in [6, 6.07) is 7.72. The van der Waals surface area contributed by atoms with Crippen LogP contribution in [0.1, 0.15) is 39.0 Å². The van der Waals surface area contributed by atoms with Crippen molar-refractivity contribution in [1.82, 2.24) is 25.1 Å². The lowest BCUT2D eigenvalue weighted by atomic mass is 9.94. The van der Waals surface area contributed by atoms with E-state index in [0.29, 0.717) is 11.8 Å². The molecule has 1 aliphatic carbocycles. The number of carbonyl (C=O) groups excluding carboxylic acids is 1. The summed E-state index contributed by atoms with van der Waals surface area (Å²) in [4.78, 5) is 14.5. The monoisotopic (exact) mass is 329 g/mol. The summed E-state index contributed by atoms with van der Waals surface area (Å²) >= 11 is 0. The van der Waals surface area contributed by atoms with Gasteiger partial charge in [0, 0.05) is 19.2 Å². The van der Waals surface area contributed by atoms with Gasteiger partial charge in [-0.3, -0.25) is 4.79 Å². The van der Waals surface area contributed by atoms with Crippen LogP contribution in [0.25, 0.3) is 5.69 Å². The highest BCUT2D eigenvalue weighted by Gasteiger charge is 2.26. The van der Waals surface area contributed by atoms with Gasteiger partial charge in [-0.2, -0.15) is 0 Å². The highest BCUT2D eigenvalue weighted by molar-refractivity contribution is 5.81. The number of ether oxygens (including phenoxy) is 1. The van der Waals surface area contributed by atoms with Gasteiger partial charge in [-0.1, -0.05) is 25.3 Å². The maximum Gasteiger partial charge on any atom is 0.263 e. The van der Waals surface area contributed by atoms with Crippen molar-refractivity contribution in [2.75, 3.05) is 7.05 Å². The molecule has 1 aromatic heterocycles. The van der Waals surface area contributed by atoms with Gasteiger partial charge >= 0.3 is 0 Å². The Hall–Kier alpha value is -2.44. The van der Waals surface area contributed by atoms with Gasteiger partial charge in [-0.05, 0) is 42.3 Å². The lowest BCUT2D eigenvalue weighted by Gasteiger charge is -2.32. The minimum absolute atomic E-state index is 0.0229. The maximum absolute atomic E-state index is 12.6. The maximum atomic E-state index is 12.6. The molecule has 0 aliphatic heterocycles. The van der Waals surface area contributed by atoms with Crippen LogP contribution in [0.15, 0.2) is 30.6 Å². The van der Waals surface area contributed by atoms with Gasteiger partial charge in [-0.25, -0.2) is 4.68 Å². The first kappa shape index (κ1) is 16.4. The molecule has 1 aliphatic rings. The Kier molecular flexibility index (Phi) is 5.08. The minimum Gasteiger partial charge on any atom is -0.481 e. The average molecular weight is 329 g/mol. The summed E-state index contributed by atoms with van der Waals surface area (Å²) < 4.78 is 7.40. The second-order valence-electron chi connectivity index (χ2n) is 6.25. The number of hydrogen-bond donors (Lipinski definition) is 0. The third-order valence-corrected chi connectivity index (χ3v) is 4.56. The van der Waals surface area contributed by atoms with E-state index in [4.69, 9.17) is 4.74 Å². The molecule has 7 heteroatoms. The van der Waals surface area contributed by atoms with Gasteiger partial charge in [-0.15, -0.1) is 5.10 Å². The summed E-state index contributed by atoms with van der Waals surface area (Å²) in [6.07, 6.45) is 6.84. The number of aromatic nitrogens is 4. The van der Waals surface area contributed by atoms with Gasteiger partial charge in [0.05, 0.1) is 5.69 Å². The molecule has 1 aromatic carbocycles. The van der Waals surface area contributed by atoms with Crippen LogP contribution < -0.4 is 4.74 Å². The molecule has 0 radical (unpaired) electrons. The quantitative estimate of drug-likeness (QED) is 0.841. The average Bonchev–Trinajstić information content (AvgIpc) is 3.16. The Balaban J connectivity index is 1.64. The van der Waals surface area contributed by atoms with E-state index in [0.717, 1.165) is 18.5 Å². The zero-order valence-electron chi connectivity index (χ0n) is 14.1. The van der Waals surface area contributed by atoms with E-state index in [1.807, 2.05) is 36.2 Å². The van der Waals surface area contributed by atoms with E-state index < -0.39 is 6.10 Å². The van der Waals surface area contributed by atoms with E-state index in [-0.39, 0.29) is 5.91 Å². The van der Waals surface area contributed by atoms with Crippen LogP contribution >= 0.6 is 0 Å². The van der Waals surface area contributed by atoms with Crippen molar-refractivity contribution in [2.45, 2.75) is 51.2 Å². The molecule has 1 heterocycles. The predicted molar refractivity (Wildman–Crippen MR) is 88.9 cm³/mol. The van der Waals surface area contributed by atoms with E-state index in [1.165, 1.54) is 25.6 Å². The SMILES string of the molecule is C[C@@H](Oc1cccc(-n2cnnn2)c1)C(=O)N(C)C1CCCCC1. The molecule has 0 bridgehead atoms. The summed E-state index contributed by atoms with van der Waals surface area (Å²) in [7, 11) is 1.88. The fraction of sp³-hybridized carbons (Fsp3) is 0.529. The van der Waals surface area contributed by atoms with E-state index in [1.54, 1.807) is 11.6 Å². The van der Waals surface area contributed by atoms with Gasteiger partial charge in [0.25, 0.3) is 5.91 Å². The Bertz CT molecular complexity index is 667. The van der Waals surface area contributed by atoms with E-state index in [9.17, 15) is 4.79 Å². The van der Waals surface area contributed by atoms with Gasteiger partial charge < -0.3 is 9.64 Å². The lowest BCUT2D eigenvalue weighted by molar-refractivity contribution is -0.139. The second kappa shape index (κ2) is 7.42. The van der Waals surface area contributed by atoms with Crippen LogP contribution in [0.5, 0.6) is 5.75 Å². The standard InChI is InChI=1S/C17H23N5O2/c1-13(17(23)21(2)14-7-4-3-5-8-14)24-16-10-6-9-15(11-16)22-12-18-19-20-22/h6,9-14H,3-5,7-8H2,1-2H3/t13-/m1/s1. The van der Waals surface area contributed by atoms with Crippen LogP contribution in [0.3, 0.4) is 0 Å². The molecule has 0 N–H and O–H groups in total. The number of nitrogens with zero attached hydrogens (tertiary/aromatic N) is 5. The van der Waals surface area contributed by atoms with Crippen molar-refractivity contribution in [1.29, 1.82) is 0 Å². The van der Waals surface area contributed by atoms with Crippen molar-refractivity contribution < 1.29 is 9.53 Å². The predicted octanol–water partition coefficient (Wildman–Crippen LogP) is 2.22. The lowest BCUT2D eigenvalue weighted by Crippen LogP contribution is -2.44. The van der Waals surface area contributed by atoms with Crippen LogP contribution in [-0.4, -0.2) is 50.2 Å². The molecule has 128 valence electrons. The van der Waals surface area contributed by atoms with Crippen LogP contribution in [0.4, 0.5) is 0 Å². The molecule has 1 amide bonds. The zero-order chi connectivity index (χ0) is 16.9. The largest absolute Gasteiger partial charge is 0.481 e. The molecular weight excluding hydrogens is 306 g/mol. The molecule has 1 fully saturated rings. The van der Waals surface area contributed by atoms with Crippen molar-refractivity contribution in [3.63, 3.8) is 0 Å². The summed E-state index contributed by atoms with van der Waals surface area (Å²) in [5.74, 6) is 0.649. The highest BCUT2D eigenvalue weighted by atomic mass is 16.5. The molecule has 3 rings (SSSR count). The Morgan fingerprint density at radius 3 is 2.83 bits per heavy atom. The number of tetrazole rings is 1. The normalized spacial score (nSPS) is 16.6. The van der Waals surface area contributed by atoms with Crippen molar-refractivity contribution >= 4 is 5.91 Å². The summed E-state index contributed by atoms with van der Waals surface area (Å²) in [5.41, 5.74) is 0.790. The first-order valence-corrected chi connectivity index (χ1v) is 8.42. The smallest absolute Gasteiger partial charge is 0.263 e. The van der Waals surface area contributed by atoms with Crippen LogP contribution in [0.2, 0.25) is 0 Å². The van der Waals surface area contributed by atoms with Crippen molar-refractivity contribution in [2.24, 2.45) is 0 Å². The van der Waals surface area contributed by atoms with Crippen molar-refractivity contribution in [3.05, 3.63) is 30.6 Å². The number of likely N-dealkylation sites (N-methyl/N-ethyl adjacent to an activating group) is 1. The first-order valence-electron chi connectivity index (χ1n) is 8.42. The second-order valence-corrected chi connectivity index (χ2v) is 6.25. The number of rotatable bonds is 5. The Morgan fingerprint density at radius 1 is 1.33 bits per heavy atom. The molecule has 2 aromatic rings. The third-order valence-electron chi connectivity index (χ3n) is 4.56.